The number of carboxylic acids is 1. The lowest BCUT2D eigenvalue weighted by Crippen LogP contribution is -2.12. The zero-order chi connectivity index (χ0) is 38.1. The number of nitrogens with zero attached hydrogens (tertiary/aromatic N) is 5. The summed E-state index contributed by atoms with van der Waals surface area (Å²) in [4.78, 5) is 12.9. The molecule has 14 heteroatoms. The highest BCUT2D eigenvalue weighted by Crippen LogP contribution is 2.43. The Hall–Kier alpha value is -4.43. The number of carbonyl (C=O) groups is 1. The van der Waals surface area contributed by atoms with E-state index < -0.39 is 17.6 Å². The van der Waals surface area contributed by atoms with Gasteiger partial charge in [0, 0.05) is 75.7 Å². The van der Waals surface area contributed by atoms with Gasteiger partial charge in [0.15, 0.2) is 11.6 Å². The van der Waals surface area contributed by atoms with E-state index in [9.17, 15) is 14.3 Å². The van der Waals surface area contributed by atoms with Gasteiger partial charge in [-0.2, -0.15) is 10.2 Å². The fourth-order valence-electron chi connectivity index (χ4n) is 7.51. The second-order valence-electron chi connectivity index (χ2n) is 13.5. The molecule has 284 valence electrons. The lowest BCUT2D eigenvalue weighted by atomic mass is 9.97. The highest BCUT2D eigenvalue weighted by Gasteiger charge is 2.28. The van der Waals surface area contributed by atoms with Gasteiger partial charge in [0.1, 0.15) is 11.4 Å². The van der Waals surface area contributed by atoms with Crippen molar-refractivity contribution in [1.82, 2.24) is 24.1 Å². The molecular formula is C40H42ClF2N5O5S. The van der Waals surface area contributed by atoms with Crippen molar-refractivity contribution in [3.05, 3.63) is 98.7 Å². The molecule has 0 spiro atoms. The largest absolute Gasteiger partial charge is 0.493 e. The van der Waals surface area contributed by atoms with Gasteiger partial charge in [0.2, 0.25) is 0 Å². The predicted molar refractivity (Wildman–Crippen MR) is 207 cm³/mol. The highest BCUT2D eigenvalue weighted by atomic mass is 35.5. The van der Waals surface area contributed by atoms with Crippen LogP contribution in [-0.4, -0.2) is 68.7 Å². The van der Waals surface area contributed by atoms with Crippen LogP contribution in [0.3, 0.4) is 0 Å². The quantitative estimate of drug-likeness (QED) is 0.162. The van der Waals surface area contributed by atoms with Gasteiger partial charge in [-0.1, -0.05) is 11.6 Å². The van der Waals surface area contributed by atoms with Crippen molar-refractivity contribution in [2.45, 2.75) is 57.7 Å². The van der Waals surface area contributed by atoms with Crippen molar-refractivity contribution in [3.8, 4) is 16.9 Å². The van der Waals surface area contributed by atoms with Crippen LogP contribution in [0.5, 0.6) is 5.75 Å². The second-order valence-corrected chi connectivity index (χ2v) is 14.9. The van der Waals surface area contributed by atoms with Crippen molar-refractivity contribution in [2.24, 2.45) is 7.05 Å². The van der Waals surface area contributed by atoms with Gasteiger partial charge in [-0.15, -0.1) is 11.8 Å². The number of methoxy groups -OCH3 is 1. The summed E-state index contributed by atoms with van der Waals surface area (Å²) in [5, 5.41) is 22.2. The third-order valence-electron chi connectivity index (χ3n) is 10.0. The molecule has 6 aromatic rings. The van der Waals surface area contributed by atoms with Crippen LogP contribution in [0, 0.1) is 25.5 Å². The molecule has 0 aliphatic carbocycles. The van der Waals surface area contributed by atoms with E-state index in [0.717, 1.165) is 56.4 Å². The molecule has 3 aromatic carbocycles. The van der Waals surface area contributed by atoms with Crippen LogP contribution in [0.25, 0.3) is 32.8 Å². The molecule has 10 nitrogen and oxygen atoms in total. The first kappa shape index (κ1) is 37.9. The molecular weight excluding hydrogens is 736 g/mol. The molecule has 1 N–H and O–H groups in total. The number of aromatic nitrogens is 5. The van der Waals surface area contributed by atoms with Gasteiger partial charge in [-0.25, -0.2) is 13.6 Å². The van der Waals surface area contributed by atoms with Crippen molar-refractivity contribution in [2.75, 3.05) is 33.5 Å². The Morgan fingerprint density at radius 1 is 1.02 bits per heavy atom. The van der Waals surface area contributed by atoms with E-state index in [0.29, 0.717) is 85.4 Å². The number of aromatic carboxylic acids is 1. The van der Waals surface area contributed by atoms with Crippen LogP contribution >= 0.6 is 23.4 Å². The molecule has 0 saturated heterocycles. The van der Waals surface area contributed by atoms with Crippen LogP contribution in [0.4, 0.5) is 8.78 Å². The maximum absolute atomic E-state index is 15.2. The van der Waals surface area contributed by atoms with Crippen LogP contribution < -0.4 is 4.74 Å². The van der Waals surface area contributed by atoms with Gasteiger partial charge in [-0.05, 0) is 86.7 Å². The number of rotatable bonds is 7. The maximum atomic E-state index is 15.2. The third-order valence-corrected chi connectivity index (χ3v) is 11.3. The number of halogens is 3. The minimum atomic E-state index is -1.05. The first-order valence-electron chi connectivity index (χ1n) is 17.9. The van der Waals surface area contributed by atoms with Gasteiger partial charge in [-0.3, -0.25) is 9.36 Å². The van der Waals surface area contributed by atoms with Crippen LogP contribution in [0.1, 0.15) is 50.8 Å². The minimum Gasteiger partial charge on any atom is -0.493 e. The lowest BCUT2D eigenvalue weighted by Gasteiger charge is -2.15. The van der Waals surface area contributed by atoms with Crippen LogP contribution in [-0.2, 0) is 54.0 Å². The van der Waals surface area contributed by atoms with E-state index in [1.165, 1.54) is 6.07 Å². The molecule has 8 bridgehead atoms. The molecule has 0 atom stereocenters. The summed E-state index contributed by atoms with van der Waals surface area (Å²) in [6.07, 6.45) is 1.63. The number of aryl methyl sites for hydroxylation is 6. The van der Waals surface area contributed by atoms with Crippen molar-refractivity contribution in [3.63, 3.8) is 0 Å². The Labute approximate surface area is 320 Å². The number of carboxylic acid groups (broad SMARTS) is 1. The normalized spacial score (nSPS) is 14.0. The average Bonchev–Trinajstić information content (AvgIpc) is 3.76. The predicted octanol–water partition coefficient (Wildman–Crippen LogP) is 8.30. The highest BCUT2D eigenvalue weighted by molar-refractivity contribution is 7.97. The Bertz CT molecular complexity index is 2370. The summed E-state index contributed by atoms with van der Waals surface area (Å²) >= 11 is 8.78. The lowest BCUT2D eigenvalue weighted by molar-refractivity contribution is 0.0651. The van der Waals surface area contributed by atoms with Crippen molar-refractivity contribution >= 4 is 51.0 Å². The zero-order valence-corrected chi connectivity index (χ0v) is 32.3. The fraction of sp³-hybridized carbons (Fsp3) is 0.375. The summed E-state index contributed by atoms with van der Waals surface area (Å²) in [5.74, 6) is -1.25. The SMILES string of the molecule is COCCOCCn1nc(C)c2c1CSCc1cc(n(C)n1)CCc1cc(c3ccc(F)c(F)c3c1)OCCCn1c(C(=O)O)c(C)c3c-2c(Cl)ccc31. The Morgan fingerprint density at radius 3 is 2.65 bits per heavy atom. The number of hydrogen-bond donors (Lipinski definition) is 1. The van der Waals surface area contributed by atoms with E-state index in [4.69, 9.17) is 36.0 Å². The Balaban J connectivity index is 1.34. The van der Waals surface area contributed by atoms with E-state index in [1.807, 2.05) is 48.5 Å². The number of benzene rings is 3. The third kappa shape index (κ3) is 7.34. The standard InChI is InChI=1S/C40H42ClF2N5O5S/c1-23-35-32-11-9-30(41)37(35)36-24(2)44-48(13-15-52-17-16-51-4)33(36)22-54-21-26-20-27(46(3)45-26)7-6-25-18-29-28(8-10-31(42)38(29)43)34(19-25)53-14-5-12-47(32)39(23)40(49)50/h8-11,18-20H,5-7,12-17,21-22H2,1-4H3,(H,49,50). The van der Waals surface area contributed by atoms with Gasteiger partial charge < -0.3 is 23.9 Å². The number of hydrogen-bond acceptors (Lipinski definition) is 7. The van der Waals surface area contributed by atoms with E-state index >= 15 is 4.39 Å². The zero-order valence-electron chi connectivity index (χ0n) is 30.7. The molecule has 54 heavy (non-hydrogen) atoms. The fourth-order valence-corrected chi connectivity index (χ4v) is 8.70. The Kier molecular flexibility index (Phi) is 11.3. The average molecular weight is 778 g/mol. The van der Waals surface area contributed by atoms with Crippen molar-refractivity contribution in [1.29, 1.82) is 0 Å². The number of fused-ring (bicyclic) bond motifs is 8. The van der Waals surface area contributed by atoms with Crippen LogP contribution in [0.15, 0.2) is 42.5 Å². The second kappa shape index (κ2) is 16.1. The molecule has 7 rings (SSSR count). The molecule has 0 fully saturated rings. The molecule has 1 aliphatic rings. The summed E-state index contributed by atoms with van der Waals surface area (Å²) in [6.45, 7) is 6.21. The van der Waals surface area contributed by atoms with Gasteiger partial charge in [0.05, 0.1) is 50.1 Å². The summed E-state index contributed by atoms with van der Waals surface area (Å²) in [6, 6.07) is 12.0. The molecule has 0 radical (unpaired) electrons. The molecule has 0 unspecified atom stereocenters. The first-order valence-corrected chi connectivity index (χ1v) is 19.4. The van der Waals surface area contributed by atoms with E-state index in [2.05, 4.69) is 6.07 Å². The minimum absolute atomic E-state index is 0.155. The number of ether oxygens (including phenoxy) is 3. The van der Waals surface area contributed by atoms with Gasteiger partial charge >= 0.3 is 5.97 Å². The smallest absolute Gasteiger partial charge is 0.352 e. The molecule has 3 aromatic heterocycles. The van der Waals surface area contributed by atoms with E-state index in [1.54, 1.807) is 29.5 Å². The van der Waals surface area contributed by atoms with Gasteiger partial charge in [0.25, 0.3) is 0 Å². The Morgan fingerprint density at radius 2 is 1.85 bits per heavy atom. The molecule has 0 saturated carbocycles. The maximum Gasteiger partial charge on any atom is 0.352 e. The molecule has 0 amide bonds. The topological polar surface area (TPSA) is 106 Å². The summed E-state index contributed by atoms with van der Waals surface area (Å²) in [5.41, 5.74) is 7.57. The molecule has 1 aliphatic heterocycles. The first-order chi connectivity index (χ1) is 26.1. The monoisotopic (exact) mass is 777 g/mol. The van der Waals surface area contributed by atoms with E-state index in [-0.39, 0.29) is 17.7 Å². The van der Waals surface area contributed by atoms with Crippen molar-refractivity contribution < 1.29 is 32.9 Å². The molecule has 4 heterocycles. The van der Waals surface area contributed by atoms with Crippen LogP contribution in [0.2, 0.25) is 5.02 Å². The number of thioether (sulfide) groups is 1. The summed E-state index contributed by atoms with van der Waals surface area (Å²) in [7, 11) is 3.55. The summed E-state index contributed by atoms with van der Waals surface area (Å²) < 4.78 is 52.4.